The molecule has 28 heavy (non-hydrogen) atoms. The predicted molar refractivity (Wildman–Crippen MR) is 97.6 cm³/mol. The first-order valence-electron chi connectivity index (χ1n) is 8.67. The number of carboxylic acid groups (broad SMARTS) is 1. The van der Waals surface area contributed by atoms with Crippen molar-refractivity contribution in [2.75, 3.05) is 11.9 Å². The Labute approximate surface area is 160 Å². The standard InChI is InChI=1S/C20H20F3NO4/c1-2-11-28-17-9-7-13(8-10-18(25)26)12-16(17)24-19(27)14-5-3-4-6-15(14)20(21,22)23/h3-7,9,12H,2,8,10-11H2,1H3,(H,24,27)(H,25,26). The molecule has 0 heterocycles. The number of aryl methyl sites for hydroxylation is 1. The van der Waals surface area contributed by atoms with Crippen molar-refractivity contribution < 1.29 is 32.6 Å². The SMILES string of the molecule is CCCOc1ccc(CCC(=O)O)cc1NC(=O)c1ccccc1C(F)(F)F. The second kappa shape index (κ2) is 9.25. The summed E-state index contributed by atoms with van der Waals surface area (Å²) in [5.41, 5.74) is -0.734. The summed E-state index contributed by atoms with van der Waals surface area (Å²) in [6.45, 7) is 2.25. The molecule has 0 atom stereocenters. The monoisotopic (exact) mass is 395 g/mol. The van der Waals surface area contributed by atoms with Gasteiger partial charge in [-0.1, -0.05) is 25.1 Å². The van der Waals surface area contributed by atoms with Crippen LogP contribution in [0.2, 0.25) is 0 Å². The van der Waals surface area contributed by atoms with Gasteiger partial charge in [0.25, 0.3) is 5.91 Å². The fourth-order valence-electron chi connectivity index (χ4n) is 2.54. The number of carbonyl (C=O) groups is 2. The molecule has 0 saturated heterocycles. The topological polar surface area (TPSA) is 75.6 Å². The number of hydrogen-bond donors (Lipinski definition) is 2. The van der Waals surface area contributed by atoms with Gasteiger partial charge >= 0.3 is 12.1 Å². The molecule has 2 aromatic carbocycles. The molecule has 0 fully saturated rings. The van der Waals surface area contributed by atoms with E-state index in [0.29, 0.717) is 24.3 Å². The lowest BCUT2D eigenvalue weighted by Gasteiger charge is -2.16. The molecule has 0 unspecified atom stereocenters. The molecule has 5 nitrogen and oxygen atoms in total. The average Bonchev–Trinajstić information content (AvgIpc) is 2.64. The summed E-state index contributed by atoms with van der Waals surface area (Å²) < 4.78 is 45.1. The van der Waals surface area contributed by atoms with Crippen molar-refractivity contribution in [3.63, 3.8) is 0 Å². The van der Waals surface area contributed by atoms with Crippen LogP contribution in [0.5, 0.6) is 5.75 Å². The summed E-state index contributed by atoms with van der Waals surface area (Å²) in [7, 11) is 0. The van der Waals surface area contributed by atoms with E-state index in [0.717, 1.165) is 12.1 Å². The predicted octanol–water partition coefficient (Wildman–Crippen LogP) is 4.76. The maximum Gasteiger partial charge on any atom is 0.417 e. The van der Waals surface area contributed by atoms with Crippen LogP contribution in [0, 0.1) is 0 Å². The third kappa shape index (κ3) is 5.73. The van der Waals surface area contributed by atoms with E-state index in [1.165, 1.54) is 18.2 Å². The van der Waals surface area contributed by atoms with Crippen molar-refractivity contribution in [3.8, 4) is 5.75 Å². The van der Waals surface area contributed by atoms with Gasteiger partial charge in [-0.3, -0.25) is 9.59 Å². The molecule has 0 aliphatic heterocycles. The summed E-state index contributed by atoms with van der Waals surface area (Å²) in [5, 5.41) is 11.3. The van der Waals surface area contributed by atoms with Gasteiger partial charge in [0.05, 0.1) is 23.4 Å². The Hall–Kier alpha value is -3.03. The quantitative estimate of drug-likeness (QED) is 0.676. The maximum absolute atomic E-state index is 13.2. The maximum atomic E-state index is 13.2. The summed E-state index contributed by atoms with van der Waals surface area (Å²) >= 11 is 0. The van der Waals surface area contributed by atoms with E-state index >= 15 is 0 Å². The Morgan fingerprint density at radius 2 is 1.86 bits per heavy atom. The first-order valence-corrected chi connectivity index (χ1v) is 8.67. The molecule has 0 aliphatic carbocycles. The van der Waals surface area contributed by atoms with E-state index in [9.17, 15) is 22.8 Å². The zero-order valence-electron chi connectivity index (χ0n) is 15.2. The highest BCUT2D eigenvalue weighted by atomic mass is 19.4. The molecule has 0 radical (unpaired) electrons. The van der Waals surface area contributed by atoms with E-state index in [-0.39, 0.29) is 18.5 Å². The molecule has 150 valence electrons. The second-order valence-corrected chi connectivity index (χ2v) is 6.07. The molecule has 8 heteroatoms. The van der Waals surface area contributed by atoms with Crippen molar-refractivity contribution in [1.29, 1.82) is 0 Å². The van der Waals surface area contributed by atoms with Crippen LogP contribution in [0.15, 0.2) is 42.5 Å². The zero-order valence-corrected chi connectivity index (χ0v) is 15.2. The average molecular weight is 395 g/mol. The largest absolute Gasteiger partial charge is 0.491 e. The van der Waals surface area contributed by atoms with Gasteiger partial charge in [-0.15, -0.1) is 0 Å². The smallest absolute Gasteiger partial charge is 0.417 e. The van der Waals surface area contributed by atoms with Crippen molar-refractivity contribution in [1.82, 2.24) is 0 Å². The molecule has 2 rings (SSSR count). The van der Waals surface area contributed by atoms with Crippen LogP contribution < -0.4 is 10.1 Å². The zero-order chi connectivity index (χ0) is 20.7. The van der Waals surface area contributed by atoms with E-state index in [2.05, 4.69) is 5.32 Å². The Balaban J connectivity index is 2.33. The number of rotatable bonds is 8. The Kier molecular flexibility index (Phi) is 7.03. The molecule has 0 aliphatic rings. The van der Waals surface area contributed by atoms with Crippen molar-refractivity contribution in [2.24, 2.45) is 0 Å². The van der Waals surface area contributed by atoms with E-state index in [1.54, 1.807) is 12.1 Å². The number of amides is 1. The number of nitrogens with one attached hydrogen (secondary N) is 1. The summed E-state index contributed by atoms with van der Waals surface area (Å²) in [6, 6.07) is 9.24. The molecule has 0 saturated carbocycles. The number of alkyl halides is 3. The third-order valence-electron chi connectivity index (χ3n) is 3.86. The van der Waals surface area contributed by atoms with E-state index in [1.807, 2.05) is 6.92 Å². The molecule has 1 amide bonds. The van der Waals surface area contributed by atoms with Crippen LogP contribution in [0.25, 0.3) is 0 Å². The van der Waals surface area contributed by atoms with Gasteiger partial charge in [-0.05, 0) is 42.7 Å². The number of carbonyl (C=O) groups excluding carboxylic acids is 1. The first-order chi connectivity index (χ1) is 13.2. The van der Waals surface area contributed by atoms with Gasteiger partial charge in [0, 0.05) is 6.42 Å². The molecular weight excluding hydrogens is 375 g/mol. The summed E-state index contributed by atoms with van der Waals surface area (Å²) in [4.78, 5) is 23.3. The summed E-state index contributed by atoms with van der Waals surface area (Å²) in [6.07, 6.45) is -3.87. The van der Waals surface area contributed by atoms with Crippen LogP contribution in [0.4, 0.5) is 18.9 Å². The van der Waals surface area contributed by atoms with Crippen molar-refractivity contribution in [2.45, 2.75) is 32.4 Å². The van der Waals surface area contributed by atoms with Crippen LogP contribution >= 0.6 is 0 Å². The minimum absolute atomic E-state index is 0.112. The number of hydrogen-bond acceptors (Lipinski definition) is 3. The molecule has 2 aromatic rings. The summed E-state index contributed by atoms with van der Waals surface area (Å²) in [5.74, 6) is -1.60. The van der Waals surface area contributed by atoms with Crippen molar-refractivity contribution >= 4 is 17.6 Å². The molecule has 0 bridgehead atoms. The number of anilines is 1. The van der Waals surface area contributed by atoms with E-state index in [4.69, 9.17) is 9.84 Å². The molecule has 0 spiro atoms. The van der Waals surface area contributed by atoms with Gasteiger partial charge in [0.15, 0.2) is 0 Å². The highest BCUT2D eigenvalue weighted by molar-refractivity contribution is 6.06. The highest BCUT2D eigenvalue weighted by Crippen LogP contribution is 2.33. The van der Waals surface area contributed by atoms with Crippen molar-refractivity contribution in [3.05, 3.63) is 59.2 Å². The number of halogens is 3. The van der Waals surface area contributed by atoms with E-state index < -0.39 is 29.2 Å². The number of aliphatic carboxylic acids is 1. The number of ether oxygens (including phenoxy) is 1. The molecule has 0 aromatic heterocycles. The third-order valence-corrected chi connectivity index (χ3v) is 3.86. The van der Waals surface area contributed by atoms with Gasteiger partial charge in [0.1, 0.15) is 5.75 Å². The minimum Gasteiger partial charge on any atom is -0.491 e. The Morgan fingerprint density at radius 1 is 1.14 bits per heavy atom. The van der Waals surface area contributed by atoms with Crippen LogP contribution in [-0.4, -0.2) is 23.6 Å². The lowest BCUT2D eigenvalue weighted by molar-refractivity contribution is -0.138. The van der Waals surface area contributed by atoms with Gasteiger partial charge in [-0.25, -0.2) is 0 Å². The molecule has 2 N–H and O–H groups in total. The first kappa shape index (κ1) is 21.3. The van der Waals surface area contributed by atoms with Gasteiger partial charge in [-0.2, -0.15) is 13.2 Å². The van der Waals surface area contributed by atoms with Crippen LogP contribution in [0.1, 0.15) is 41.3 Å². The van der Waals surface area contributed by atoms with Crippen LogP contribution in [-0.2, 0) is 17.4 Å². The van der Waals surface area contributed by atoms with Gasteiger partial charge < -0.3 is 15.2 Å². The Bertz CT molecular complexity index is 850. The number of carboxylic acids is 1. The molecular formula is C20H20F3NO4. The lowest BCUT2D eigenvalue weighted by Crippen LogP contribution is -2.19. The highest BCUT2D eigenvalue weighted by Gasteiger charge is 2.35. The fraction of sp³-hybridized carbons (Fsp3) is 0.300. The fourth-order valence-corrected chi connectivity index (χ4v) is 2.54. The van der Waals surface area contributed by atoms with Crippen LogP contribution in [0.3, 0.4) is 0 Å². The van der Waals surface area contributed by atoms with Gasteiger partial charge in [0.2, 0.25) is 0 Å². The number of benzene rings is 2. The normalized spacial score (nSPS) is 11.1. The Morgan fingerprint density at radius 3 is 2.50 bits per heavy atom. The lowest BCUT2D eigenvalue weighted by atomic mass is 10.1. The minimum atomic E-state index is -4.67. The second-order valence-electron chi connectivity index (χ2n) is 6.07.